The molecule has 1 aromatic carbocycles. The molecule has 0 spiro atoms. The zero-order valence-electron chi connectivity index (χ0n) is 7.62. The Balaban J connectivity index is 2.62. The first-order chi connectivity index (χ1) is 6.83. The molecule has 0 unspecified atom stereocenters. The van der Waals surface area contributed by atoms with Gasteiger partial charge in [-0.15, -0.1) is 0 Å². The van der Waals surface area contributed by atoms with Crippen LogP contribution in [0.5, 0.6) is 0 Å². The Morgan fingerprint density at radius 1 is 1.29 bits per heavy atom. The summed E-state index contributed by atoms with van der Waals surface area (Å²) in [6.07, 6.45) is 3.81. The highest BCUT2D eigenvalue weighted by Gasteiger charge is 2.19. The van der Waals surface area contributed by atoms with Crippen LogP contribution >= 0.6 is 0 Å². The number of hydrogen-bond acceptors (Lipinski definition) is 3. The predicted molar refractivity (Wildman–Crippen MR) is 51.5 cm³/mol. The van der Waals surface area contributed by atoms with Crippen LogP contribution in [0.3, 0.4) is 0 Å². The Bertz CT molecular complexity index is 431. The van der Waals surface area contributed by atoms with Gasteiger partial charge in [-0.3, -0.25) is 4.79 Å². The van der Waals surface area contributed by atoms with Gasteiger partial charge in [0.2, 0.25) is 6.08 Å². The van der Waals surface area contributed by atoms with Gasteiger partial charge in [0.15, 0.2) is 5.78 Å². The van der Waals surface area contributed by atoms with Crippen molar-refractivity contribution in [3.05, 3.63) is 29.3 Å². The quantitative estimate of drug-likeness (QED) is 0.499. The molecule has 70 valence electrons. The summed E-state index contributed by atoms with van der Waals surface area (Å²) < 4.78 is 0. The molecule has 1 aromatic rings. The first kappa shape index (κ1) is 8.85. The van der Waals surface area contributed by atoms with Gasteiger partial charge in [0.05, 0.1) is 5.69 Å². The average molecular weight is 187 g/mol. The maximum absolute atomic E-state index is 11.6. The molecule has 0 fully saturated rings. The van der Waals surface area contributed by atoms with Crippen LogP contribution in [0.15, 0.2) is 23.2 Å². The summed E-state index contributed by atoms with van der Waals surface area (Å²) in [5, 5.41) is 0. The number of carbonyl (C=O) groups excluding carboxylic acids is 2. The lowest BCUT2D eigenvalue weighted by molar-refractivity contribution is 0.0973. The zero-order valence-corrected chi connectivity index (χ0v) is 7.62. The molecule has 3 heteroatoms. The number of ketones is 1. The van der Waals surface area contributed by atoms with Gasteiger partial charge in [-0.1, -0.05) is 12.1 Å². The lowest BCUT2D eigenvalue weighted by Gasteiger charge is -2.15. The van der Waals surface area contributed by atoms with E-state index in [1.54, 1.807) is 6.07 Å². The van der Waals surface area contributed by atoms with E-state index in [0.29, 0.717) is 17.7 Å². The molecule has 0 atom stereocenters. The average Bonchev–Trinajstić information content (AvgIpc) is 2.19. The van der Waals surface area contributed by atoms with Gasteiger partial charge in [-0.05, 0) is 24.5 Å². The minimum atomic E-state index is 0.0841. The third kappa shape index (κ3) is 1.38. The first-order valence-electron chi connectivity index (χ1n) is 4.56. The second-order valence-electron chi connectivity index (χ2n) is 3.29. The molecule has 14 heavy (non-hydrogen) atoms. The maximum atomic E-state index is 11.6. The van der Waals surface area contributed by atoms with E-state index in [0.717, 1.165) is 18.4 Å². The van der Waals surface area contributed by atoms with Gasteiger partial charge in [0, 0.05) is 12.0 Å². The molecule has 0 radical (unpaired) electrons. The lowest BCUT2D eigenvalue weighted by atomic mass is 9.89. The second kappa shape index (κ2) is 3.56. The SMILES string of the molecule is O=C=Nc1cccc2c1C(=O)CCC2. The number of fused-ring (bicyclic) bond motifs is 1. The summed E-state index contributed by atoms with van der Waals surface area (Å²) in [5.74, 6) is 0.0841. The van der Waals surface area contributed by atoms with Crippen molar-refractivity contribution in [3.63, 3.8) is 0 Å². The van der Waals surface area contributed by atoms with Gasteiger partial charge in [0.1, 0.15) is 0 Å². The third-order valence-corrected chi connectivity index (χ3v) is 2.42. The molecule has 1 aliphatic carbocycles. The molecule has 0 aromatic heterocycles. The second-order valence-corrected chi connectivity index (χ2v) is 3.29. The van der Waals surface area contributed by atoms with Crippen LogP contribution in [-0.4, -0.2) is 11.9 Å². The fourth-order valence-corrected chi connectivity index (χ4v) is 1.82. The molecule has 0 saturated carbocycles. The summed E-state index contributed by atoms with van der Waals surface area (Å²) in [7, 11) is 0. The Hall–Kier alpha value is -1.73. The molecular formula is C11H9NO2. The number of nitrogens with zero attached hydrogens (tertiary/aromatic N) is 1. The highest BCUT2D eigenvalue weighted by molar-refractivity contribution is 6.03. The predicted octanol–water partition coefficient (Wildman–Crippen LogP) is 2.17. The van der Waals surface area contributed by atoms with Gasteiger partial charge in [-0.25, -0.2) is 4.79 Å². The van der Waals surface area contributed by atoms with Gasteiger partial charge in [-0.2, -0.15) is 4.99 Å². The monoisotopic (exact) mass is 187 g/mol. The Labute approximate surface area is 81.5 Å². The minimum absolute atomic E-state index is 0.0841. The van der Waals surface area contributed by atoms with Crippen molar-refractivity contribution in [2.75, 3.05) is 0 Å². The van der Waals surface area contributed by atoms with Crippen LogP contribution < -0.4 is 0 Å². The van der Waals surface area contributed by atoms with Gasteiger partial charge >= 0.3 is 0 Å². The van der Waals surface area contributed by atoms with Crippen LogP contribution in [0.4, 0.5) is 5.69 Å². The van der Waals surface area contributed by atoms with Crippen molar-refractivity contribution < 1.29 is 9.59 Å². The number of isocyanates is 1. The molecule has 0 N–H and O–H groups in total. The van der Waals surface area contributed by atoms with E-state index < -0.39 is 0 Å². The van der Waals surface area contributed by atoms with E-state index in [4.69, 9.17) is 0 Å². The van der Waals surface area contributed by atoms with Crippen molar-refractivity contribution in [2.45, 2.75) is 19.3 Å². The highest BCUT2D eigenvalue weighted by atomic mass is 16.1. The molecule has 0 amide bonds. The number of aliphatic imine (C=N–C) groups is 1. The minimum Gasteiger partial charge on any atom is -0.294 e. The standard InChI is InChI=1S/C11H9NO2/c13-7-12-9-5-1-3-8-4-2-6-10(14)11(8)9/h1,3,5H,2,4,6H2. The Morgan fingerprint density at radius 2 is 2.14 bits per heavy atom. The van der Waals surface area contributed by atoms with Gasteiger partial charge < -0.3 is 0 Å². The number of carbonyl (C=O) groups is 1. The van der Waals surface area contributed by atoms with E-state index in [1.165, 1.54) is 6.08 Å². The fraction of sp³-hybridized carbons (Fsp3) is 0.273. The summed E-state index contributed by atoms with van der Waals surface area (Å²) in [5.41, 5.74) is 2.07. The number of hydrogen-bond donors (Lipinski definition) is 0. The largest absolute Gasteiger partial charge is 0.294 e. The van der Waals surface area contributed by atoms with Crippen LogP contribution in [-0.2, 0) is 11.2 Å². The van der Waals surface area contributed by atoms with Crippen molar-refractivity contribution in [1.29, 1.82) is 0 Å². The van der Waals surface area contributed by atoms with Crippen LogP contribution in [0, 0.1) is 0 Å². The van der Waals surface area contributed by atoms with E-state index >= 15 is 0 Å². The van der Waals surface area contributed by atoms with E-state index in [1.807, 2.05) is 12.1 Å². The van der Waals surface area contributed by atoms with Crippen molar-refractivity contribution >= 4 is 17.6 Å². The van der Waals surface area contributed by atoms with Crippen molar-refractivity contribution in [2.24, 2.45) is 4.99 Å². The first-order valence-corrected chi connectivity index (χ1v) is 4.56. The molecule has 1 aliphatic rings. The zero-order chi connectivity index (χ0) is 9.97. The molecular weight excluding hydrogens is 178 g/mol. The van der Waals surface area contributed by atoms with Crippen molar-refractivity contribution in [3.8, 4) is 0 Å². The summed E-state index contributed by atoms with van der Waals surface area (Å²) in [4.78, 5) is 25.3. The smallest absolute Gasteiger partial charge is 0.240 e. The third-order valence-electron chi connectivity index (χ3n) is 2.42. The molecule has 0 bridgehead atoms. The van der Waals surface area contributed by atoms with Crippen LogP contribution in [0.2, 0.25) is 0 Å². The molecule has 2 rings (SSSR count). The molecule has 0 heterocycles. The normalized spacial score (nSPS) is 14.4. The number of benzene rings is 1. The number of aryl methyl sites for hydroxylation is 1. The van der Waals surface area contributed by atoms with E-state index in [9.17, 15) is 9.59 Å². The van der Waals surface area contributed by atoms with Gasteiger partial charge in [0.25, 0.3) is 0 Å². The molecule has 3 nitrogen and oxygen atoms in total. The number of rotatable bonds is 1. The molecule has 0 saturated heterocycles. The highest BCUT2D eigenvalue weighted by Crippen LogP contribution is 2.29. The van der Waals surface area contributed by atoms with Crippen LogP contribution in [0.25, 0.3) is 0 Å². The fourth-order valence-electron chi connectivity index (χ4n) is 1.82. The topological polar surface area (TPSA) is 46.5 Å². The van der Waals surface area contributed by atoms with Crippen molar-refractivity contribution in [1.82, 2.24) is 0 Å². The number of Topliss-reactive ketones (excluding diaryl/α,β-unsaturated/α-hetero) is 1. The molecule has 0 aliphatic heterocycles. The summed E-state index contributed by atoms with van der Waals surface area (Å²) in [6.45, 7) is 0. The summed E-state index contributed by atoms with van der Waals surface area (Å²) in [6, 6.07) is 5.40. The van der Waals surface area contributed by atoms with E-state index in [-0.39, 0.29) is 5.78 Å². The maximum Gasteiger partial charge on any atom is 0.240 e. The van der Waals surface area contributed by atoms with E-state index in [2.05, 4.69) is 4.99 Å². The lowest BCUT2D eigenvalue weighted by Crippen LogP contribution is -2.10. The Morgan fingerprint density at radius 3 is 2.93 bits per heavy atom. The summed E-state index contributed by atoms with van der Waals surface area (Å²) >= 11 is 0. The Kier molecular flexibility index (Phi) is 2.25. The van der Waals surface area contributed by atoms with Crippen LogP contribution in [0.1, 0.15) is 28.8 Å².